The molecule has 0 spiro atoms. The van der Waals surface area contributed by atoms with Gasteiger partial charge in [0.2, 0.25) is 0 Å². The molecule has 0 aromatic carbocycles. The number of hydrogen-bond acceptors (Lipinski definition) is 0. The van der Waals surface area contributed by atoms with Gasteiger partial charge in [-0.1, -0.05) is 48.1 Å². The lowest BCUT2D eigenvalue weighted by Gasteiger charge is -1.86. The monoisotopic (exact) mass is 148 g/mol. The third kappa shape index (κ3) is 6.85. The minimum Gasteiger partial charge on any atom is -0.0991 e. The Kier molecular flexibility index (Phi) is 5.18. The van der Waals surface area contributed by atoms with Crippen LogP contribution in [0.5, 0.6) is 0 Å². The molecule has 0 saturated heterocycles. The molecule has 0 N–H and O–H groups in total. The molecule has 0 atom stereocenters. The Bertz CT molecular complexity index is 198. The summed E-state index contributed by atoms with van der Waals surface area (Å²) in [7, 11) is 0. The molecule has 0 aliphatic rings. The summed E-state index contributed by atoms with van der Waals surface area (Å²) < 4.78 is 0. The fourth-order valence-electron chi connectivity index (χ4n) is 0.634. The van der Waals surface area contributed by atoms with E-state index < -0.39 is 0 Å². The van der Waals surface area contributed by atoms with Gasteiger partial charge in [0.25, 0.3) is 0 Å². The summed E-state index contributed by atoms with van der Waals surface area (Å²) in [5.74, 6) is 0. The van der Waals surface area contributed by atoms with Crippen LogP contribution in [0.15, 0.2) is 48.1 Å². The maximum Gasteiger partial charge on any atom is -0.0398 e. The Labute approximate surface area is 69.6 Å². The molecule has 0 unspecified atom stereocenters. The molecular weight excluding hydrogens is 132 g/mol. The molecule has 0 aromatic heterocycles. The van der Waals surface area contributed by atoms with Crippen molar-refractivity contribution >= 4 is 0 Å². The van der Waals surface area contributed by atoms with Crippen molar-refractivity contribution in [1.82, 2.24) is 0 Å². The smallest absolute Gasteiger partial charge is 0.0398 e. The Morgan fingerprint density at radius 1 is 1.09 bits per heavy atom. The standard InChI is InChI=1S/C11H16/c1-5-7-11(4)9-6-8-10(2)3/h5-9H,1H2,2-4H3/b9-6+,11-7+. The normalized spacial score (nSPS) is 11.7. The Morgan fingerprint density at radius 3 is 2.18 bits per heavy atom. The van der Waals surface area contributed by atoms with Crippen molar-refractivity contribution < 1.29 is 0 Å². The lowest BCUT2D eigenvalue weighted by Crippen LogP contribution is -1.65. The van der Waals surface area contributed by atoms with E-state index in [1.165, 1.54) is 11.1 Å². The van der Waals surface area contributed by atoms with E-state index in [-0.39, 0.29) is 0 Å². The average Bonchev–Trinajstić information content (AvgIpc) is 1.87. The molecule has 0 aliphatic carbocycles. The van der Waals surface area contributed by atoms with E-state index >= 15 is 0 Å². The van der Waals surface area contributed by atoms with Gasteiger partial charge >= 0.3 is 0 Å². The maximum absolute atomic E-state index is 3.62. The summed E-state index contributed by atoms with van der Waals surface area (Å²) in [4.78, 5) is 0. The lowest BCUT2D eigenvalue weighted by molar-refractivity contribution is 1.39. The van der Waals surface area contributed by atoms with Gasteiger partial charge in [-0.2, -0.15) is 0 Å². The molecule has 0 aromatic rings. The number of allylic oxidation sites excluding steroid dienone is 7. The summed E-state index contributed by atoms with van der Waals surface area (Å²) in [6.45, 7) is 9.83. The minimum absolute atomic E-state index is 1.22. The Balaban J connectivity index is 4.03. The van der Waals surface area contributed by atoms with Gasteiger partial charge < -0.3 is 0 Å². The highest BCUT2D eigenvalue weighted by Crippen LogP contribution is 1.96. The second-order valence-electron chi connectivity index (χ2n) is 2.75. The van der Waals surface area contributed by atoms with E-state index in [9.17, 15) is 0 Å². The molecule has 11 heavy (non-hydrogen) atoms. The van der Waals surface area contributed by atoms with Crippen LogP contribution in [0.25, 0.3) is 0 Å². The summed E-state index contributed by atoms with van der Waals surface area (Å²) in [5, 5.41) is 0. The average molecular weight is 148 g/mol. The molecule has 0 heterocycles. The number of rotatable bonds is 3. The Hall–Kier alpha value is -1.04. The SMILES string of the molecule is C=C/C=C(C)/C=C/C=C(C)C. The van der Waals surface area contributed by atoms with Crippen LogP contribution in [0.3, 0.4) is 0 Å². The molecule has 0 rings (SSSR count). The van der Waals surface area contributed by atoms with E-state index in [0.29, 0.717) is 0 Å². The van der Waals surface area contributed by atoms with Gasteiger partial charge in [-0.25, -0.2) is 0 Å². The molecule has 0 aliphatic heterocycles. The molecule has 0 bridgehead atoms. The van der Waals surface area contributed by atoms with Crippen molar-refractivity contribution in [2.75, 3.05) is 0 Å². The summed E-state index contributed by atoms with van der Waals surface area (Å²) >= 11 is 0. The molecule has 0 amide bonds. The van der Waals surface area contributed by atoms with Crippen LogP contribution >= 0.6 is 0 Å². The van der Waals surface area contributed by atoms with Crippen LogP contribution in [0.2, 0.25) is 0 Å². The van der Waals surface area contributed by atoms with Gasteiger partial charge in [0.05, 0.1) is 0 Å². The second-order valence-corrected chi connectivity index (χ2v) is 2.75. The van der Waals surface area contributed by atoms with E-state index in [4.69, 9.17) is 0 Å². The first-order valence-electron chi connectivity index (χ1n) is 3.77. The first kappa shape index (κ1) is 9.96. The van der Waals surface area contributed by atoms with Crippen molar-refractivity contribution in [3.8, 4) is 0 Å². The van der Waals surface area contributed by atoms with Crippen LogP contribution in [-0.4, -0.2) is 0 Å². The zero-order valence-corrected chi connectivity index (χ0v) is 7.59. The van der Waals surface area contributed by atoms with Gasteiger partial charge in [-0.3, -0.25) is 0 Å². The highest BCUT2D eigenvalue weighted by molar-refractivity contribution is 5.24. The fourth-order valence-corrected chi connectivity index (χ4v) is 0.634. The summed E-state index contributed by atoms with van der Waals surface area (Å²) in [6.07, 6.45) is 9.97. The van der Waals surface area contributed by atoms with Crippen LogP contribution < -0.4 is 0 Å². The zero-order chi connectivity index (χ0) is 8.69. The fraction of sp³-hybridized carbons (Fsp3) is 0.273. The molecule has 0 saturated carbocycles. The number of hydrogen-bond donors (Lipinski definition) is 0. The largest absolute Gasteiger partial charge is 0.0991 e. The zero-order valence-electron chi connectivity index (χ0n) is 7.59. The van der Waals surface area contributed by atoms with Crippen LogP contribution in [0.1, 0.15) is 20.8 Å². The summed E-state index contributed by atoms with van der Waals surface area (Å²) in [6, 6.07) is 0. The van der Waals surface area contributed by atoms with E-state index in [0.717, 1.165) is 0 Å². The van der Waals surface area contributed by atoms with E-state index in [1.54, 1.807) is 6.08 Å². The van der Waals surface area contributed by atoms with Gasteiger partial charge in [-0.05, 0) is 20.8 Å². The molecular formula is C11H16. The quantitative estimate of drug-likeness (QED) is 0.536. The second kappa shape index (κ2) is 5.72. The van der Waals surface area contributed by atoms with Crippen molar-refractivity contribution in [2.45, 2.75) is 20.8 Å². The molecule has 0 fully saturated rings. The van der Waals surface area contributed by atoms with Crippen LogP contribution in [0.4, 0.5) is 0 Å². The van der Waals surface area contributed by atoms with Crippen LogP contribution in [-0.2, 0) is 0 Å². The first-order valence-corrected chi connectivity index (χ1v) is 3.77. The minimum atomic E-state index is 1.22. The van der Waals surface area contributed by atoms with Gasteiger partial charge in [0.1, 0.15) is 0 Å². The molecule has 0 nitrogen and oxygen atoms in total. The third-order valence-electron chi connectivity index (χ3n) is 1.17. The summed E-state index contributed by atoms with van der Waals surface area (Å²) in [5.41, 5.74) is 2.53. The van der Waals surface area contributed by atoms with Crippen molar-refractivity contribution in [3.63, 3.8) is 0 Å². The van der Waals surface area contributed by atoms with Gasteiger partial charge in [-0.15, -0.1) is 0 Å². The lowest BCUT2D eigenvalue weighted by atomic mass is 10.2. The van der Waals surface area contributed by atoms with Crippen molar-refractivity contribution in [2.24, 2.45) is 0 Å². The molecule has 0 radical (unpaired) electrons. The maximum atomic E-state index is 3.62. The first-order chi connectivity index (χ1) is 5.16. The highest BCUT2D eigenvalue weighted by atomic mass is 13.8. The van der Waals surface area contributed by atoms with Crippen molar-refractivity contribution in [1.29, 1.82) is 0 Å². The predicted octanol–water partition coefficient (Wildman–Crippen LogP) is 3.64. The molecule has 60 valence electrons. The molecule has 0 heteroatoms. The topological polar surface area (TPSA) is 0 Å². The Morgan fingerprint density at radius 2 is 1.73 bits per heavy atom. The van der Waals surface area contributed by atoms with Crippen molar-refractivity contribution in [3.05, 3.63) is 48.1 Å². The van der Waals surface area contributed by atoms with Gasteiger partial charge in [0.15, 0.2) is 0 Å². The highest BCUT2D eigenvalue weighted by Gasteiger charge is 1.75. The van der Waals surface area contributed by atoms with E-state index in [2.05, 4.69) is 39.5 Å². The van der Waals surface area contributed by atoms with Crippen LogP contribution in [0, 0.1) is 0 Å². The third-order valence-corrected chi connectivity index (χ3v) is 1.17. The van der Waals surface area contributed by atoms with E-state index in [1.807, 2.05) is 12.2 Å². The van der Waals surface area contributed by atoms with Gasteiger partial charge in [0, 0.05) is 0 Å². The predicted molar refractivity (Wildman–Crippen MR) is 52.5 cm³/mol.